The number of nitrogens with zero attached hydrogens (tertiary/aromatic N) is 3. The maximum Gasteiger partial charge on any atom is 0.258 e. The van der Waals surface area contributed by atoms with E-state index in [0.29, 0.717) is 42.0 Å². The monoisotopic (exact) mass is 576 g/mol. The third-order valence-corrected chi connectivity index (χ3v) is 7.82. The fourth-order valence-electron chi connectivity index (χ4n) is 5.15. The van der Waals surface area contributed by atoms with Crippen LogP contribution in [0.15, 0.2) is 54.6 Å². The van der Waals surface area contributed by atoms with Crippen molar-refractivity contribution in [3.63, 3.8) is 0 Å². The first-order chi connectivity index (χ1) is 20.3. The molecule has 0 saturated carbocycles. The molecule has 0 bridgehead atoms. The van der Waals surface area contributed by atoms with E-state index >= 15 is 0 Å². The predicted molar refractivity (Wildman–Crippen MR) is 164 cm³/mol. The summed E-state index contributed by atoms with van der Waals surface area (Å²) in [4.78, 5) is 18.1. The highest BCUT2D eigenvalue weighted by Gasteiger charge is 2.20. The molecule has 5 rings (SSSR count). The molecule has 0 radical (unpaired) electrons. The molecule has 0 spiro atoms. The van der Waals surface area contributed by atoms with Gasteiger partial charge in [-0.2, -0.15) is 5.10 Å². The van der Waals surface area contributed by atoms with Crippen LogP contribution in [-0.4, -0.2) is 74.0 Å². The summed E-state index contributed by atoms with van der Waals surface area (Å²) in [6.07, 6.45) is 2.07. The fraction of sp³-hybridized carbons (Fsp3) is 0.375. The number of carbonyl (C=O) groups is 1. The molecule has 222 valence electrons. The highest BCUT2D eigenvalue weighted by atomic mass is 19.1. The topological polar surface area (TPSA) is 85.5 Å². The highest BCUT2D eigenvalue weighted by Crippen LogP contribution is 2.29. The number of ether oxygens (including phenoxy) is 1. The zero-order valence-electron chi connectivity index (χ0n) is 24.3. The Morgan fingerprint density at radius 2 is 1.76 bits per heavy atom. The van der Waals surface area contributed by atoms with E-state index in [-0.39, 0.29) is 11.9 Å². The summed E-state index contributed by atoms with van der Waals surface area (Å²) < 4.78 is 33.0. The van der Waals surface area contributed by atoms with Crippen LogP contribution in [0.2, 0.25) is 0 Å². The molecule has 3 N–H and O–H groups in total. The minimum Gasteiger partial charge on any atom is -0.381 e. The molecular weight excluding hydrogens is 538 g/mol. The minimum absolute atomic E-state index is 0.207. The van der Waals surface area contributed by atoms with Crippen LogP contribution >= 0.6 is 0 Å². The molecule has 1 aromatic heterocycles. The summed E-state index contributed by atoms with van der Waals surface area (Å²) in [6.45, 7) is 6.28. The molecule has 2 heterocycles. The van der Waals surface area contributed by atoms with Gasteiger partial charge in [0, 0.05) is 62.2 Å². The van der Waals surface area contributed by atoms with Gasteiger partial charge in [0.15, 0.2) is 5.82 Å². The second kappa shape index (κ2) is 13.3. The minimum atomic E-state index is -0.613. The standard InChI is InChI=1S/C32H38F2N6O2/c1-4-39(2)11-12-40(3)26-6-7-27(30(20-26)35-25-9-13-42-14-10-25)32(41)36-31-28-18-21(5-8-29(28)37-38-31)15-22-16-23(33)19-24(34)17-22/h5-8,16-20,25,35H,4,9-15H2,1-3H3,(H2,36,37,38,41). The zero-order chi connectivity index (χ0) is 29.6. The number of amides is 1. The molecule has 0 aliphatic carbocycles. The van der Waals surface area contributed by atoms with Gasteiger partial charge in [-0.25, -0.2) is 8.78 Å². The molecule has 1 saturated heterocycles. The van der Waals surface area contributed by atoms with E-state index in [4.69, 9.17) is 4.74 Å². The lowest BCUT2D eigenvalue weighted by Gasteiger charge is -2.27. The van der Waals surface area contributed by atoms with E-state index in [1.165, 1.54) is 12.1 Å². The maximum absolute atomic E-state index is 13.7. The molecular formula is C32H38F2N6O2. The van der Waals surface area contributed by atoms with Crippen LogP contribution in [0, 0.1) is 11.6 Å². The Bertz CT molecular complexity index is 1510. The van der Waals surface area contributed by atoms with Crippen LogP contribution in [0.1, 0.15) is 41.3 Å². The Labute approximate surface area is 245 Å². The molecule has 1 amide bonds. The molecule has 1 aliphatic rings. The number of benzene rings is 3. The number of H-pyrrole nitrogens is 1. The molecule has 1 aliphatic heterocycles. The zero-order valence-corrected chi connectivity index (χ0v) is 24.3. The van der Waals surface area contributed by atoms with E-state index < -0.39 is 11.6 Å². The van der Waals surface area contributed by atoms with E-state index in [0.717, 1.165) is 61.0 Å². The second-order valence-electron chi connectivity index (χ2n) is 10.9. The van der Waals surface area contributed by atoms with Crippen molar-refractivity contribution in [3.8, 4) is 0 Å². The van der Waals surface area contributed by atoms with Crippen LogP contribution in [-0.2, 0) is 11.2 Å². The number of halogens is 2. The number of nitrogens with one attached hydrogen (secondary N) is 3. The third kappa shape index (κ3) is 7.24. The molecule has 1 fully saturated rings. The lowest BCUT2D eigenvalue weighted by molar-refractivity contribution is 0.0904. The van der Waals surface area contributed by atoms with Gasteiger partial charge in [-0.1, -0.05) is 13.0 Å². The van der Waals surface area contributed by atoms with Gasteiger partial charge in [0.1, 0.15) is 11.6 Å². The largest absolute Gasteiger partial charge is 0.381 e. The van der Waals surface area contributed by atoms with Crippen molar-refractivity contribution in [1.29, 1.82) is 0 Å². The Hall–Kier alpha value is -4.02. The Kier molecular flexibility index (Phi) is 9.34. The molecule has 4 aromatic rings. The Morgan fingerprint density at radius 1 is 1.00 bits per heavy atom. The van der Waals surface area contributed by atoms with Gasteiger partial charge < -0.3 is 25.2 Å². The summed E-state index contributed by atoms with van der Waals surface area (Å²) in [6, 6.07) is 15.2. The molecule has 0 atom stereocenters. The number of anilines is 3. The number of aromatic nitrogens is 2. The van der Waals surface area contributed by atoms with Crippen LogP contribution in [0.25, 0.3) is 10.9 Å². The average Bonchev–Trinajstić information content (AvgIpc) is 3.37. The second-order valence-corrected chi connectivity index (χ2v) is 10.9. The third-order valence-electron chi connectivity index (χ3n) is 7.82. The average molecular weight is 577 g/mol. The predicted octanol–water partition coefficient (Wildman–Crippen LogP) is 5.66. The number of aromatic amines is 1. The Balaban J connectivity index is 1.38. The van der Waals surface area contributed by atoms with E-state index in [1.807, 2.05) is 36.4 Å². The van der Waals surface area contributed by atoms with Gasteiger partial charge in [-0.3, -0.25) is 9.89 Å². The van der Waals surface area contributed by atoms with Gasteiger partial charge in [-0.05, 0) is 86.4 Å². The normalized spacial score (nSPS) is 14.0. The first-order valence-corrected chi connectivity index (χ1v) is 14.4. The number of fused-ring (bicyclic) bond motifs is 1. The van der Waals surface area contributed by atoms with E-state index in [2.05, 4.69) is 51.6 Å². The number of likely N-dealkylation sites (N-methyl/N-ethyl adjacent to an activating group) is 2. The van der Waals surface area contributed by atoms with Crippen molar-refractivity contribution in [3.05, 3.63) is 82.9 Å². The van der Waals surface area contributed by atoms with Crippen LogP contribution < -0.4 is 15.5 Å². The van der Waals surface area contributed by atoms with Crippen molar-refractivity contribution >= 4 is 34.0 Å². The van der Waals surface area contributed by atoms with Crippen molar-refractivity contribution in [2.24, 2.45) is 0 Å². The van der Waals surface area contributed by atoms with Crippen LogP contribution in [0.4, 0.5) is 26.0 Å². The Morgan fingerprint density at radius 3 is 2.50 bits per heavy atom. The van der Waals surface area contributed by atoms with Crippen LogP contribution in [0.3, 0.4) is 0 Å². The summed E-state index contributed by atoms with van der Waals surface area (Å²) in [7, 11) is 4.16. The van der Waals surface area contributed by atoms with Gasteiger partial charge >= 0.3 is 0 Å². The SMILES string of the molecule is CCN(C)CCN(C)c1ccc(C(=O)Nc2n[nH]c3ccc(Cc4cc(F)cc(F)c4)cc23)c(NC2CCOCC2)c1. The van der Waals surface area contributed by atoms with Gasteiger partial charge in [-0.15, -0.1) is 0 Å². The smallest absolute Gasteiger partial charge is 0.258 e. The van der Waals surface area contributed by atoms with Crippen molar-refractivity contribution in [2.45, 2.75) is 32.2 Å². The fourth-order valence-corrected chi connectivity index (χ4v) is 5.15. The summed E-state index contributed by atoms with van der Waals surface area (Å²) in [5.74, 6) is -1.12. The van der Waals surface area contributed by atoms with E-state index in [1.54, 1.807) is 0 Å². The molecule has 3 aromatic carbocycles. The molecule has 42 heavy (non-hydrogen) atoms. The number of hydrogen-bond acceptors (Lipinski definition) is 6. The summed E-state index contributed by atoms with van der Waals surface area (Å²) in [5, 5.41) is 14.6. The van der Waals surface area contributed by atoms with Gasteiger partial charge in [0.05, 0.1) is 11.1 Å². The lowest BCUT2D eigenvalue weighted by atomic mass is 10.0. The molecule has 0 unspecified atom stereocenters. The first kappa shape index (κ1) is 29.5. The first-order valence-electron chi connectivity index (χ1n) is 14.4. The summed E-state index contributed by atoms with van der Waals surface area (Å²) in [5.41, 5.74) is 4.42. The lowest BCUT2D eigenvalue weighted by Crippen LogP contribution is -2.31. The highest BCUT2D eigenvalue weighted by molar-refractivity contribution is 6.11. The summed E-state index contributed by atoms with van der Waals surface area (Å²) >= 11 is 0. The van der Waals surface area contributed by atoms with E-state index in [9.17, 15) is 13.6 Å². The van der Waals surface area contributed by atoms with Crippen molar-refractivity contribution < 1.29 is 18.3 Å². The van der Waals surface area contributed by atoms with Crippen molar-refractivity contribution in [2.75, 3.05) is 62.5 Å². The van der Waals surface area contributed by atoms with Gasteiger partial charge in [0.2, 0.25) is 0 Å². The number of carbonyl (C=O) groups excluding carboxylic acids is 1. The quantitative estimate of drug-likeness (QED) is 0.214. The number of rotatable bonds is 11. The molecule has 8 nitrogen and oxygen atoms in total. The maximum atomic E-state index is 13.7. The molecule has 10 heteroatoms. The van der Waals surface area contributed by atoms with Crippen LogP contribution in [0.5, 0.6) is 0 Å². The van der Waals surface area contributed by atoms with Crippen molar-refractivity contribution in [1.82, 2.24) is 15.1 Å². The number of hydrogen-bond donors (Lipinski definition) is 3. The van der Waals surface area contributed by atoms with Gasteiger partial charge in [0.25, 0.3) is 5.91 Å².